The van der Waals surface area contributed by atoms with Crippen molar-refractivity contribution in [2.45, 2.75) is 39.0 Å². The lowest BCUT2D eigenvalue weighted by atomic mass is 10.1. The predicted molar refractivity (Wildman–Crippen MR) is 87.3 cm³/mol. The molecule has 3 amide bonds. The smallest absolute Gasteiger partial charge is 0.302 e. The van der Waals surface area contributed by atoms with Gasteiger partial charge in [0.05, 0.1) is 6.67 Å². The Labute approximate surface area is 136 Å². The summed E-state index contributed by atoms with van der Waals surface area (Å²) in [5.41, 5.74) is 1.05. The Morgan fingerprint density at radius 1 is 1.22 bits per heavy atom. The van der Waals surface area contributed by atoms with E-state index in [9.17, 15) is 9.59 Å². The van der Waals surface area contributed by atoms with Crippen LogP contribution in [-0.4, -0.2) is 47.2 Å². The van der Waals surface area contributed by atoms with Crippen molar-refractivity contribution in [1.29, 1.82) is 0 Å². The van der Waals surface area contributed by atoms with Crippen molar-refractivity contribution in [1.82, 2.24) is 20.4 Å². The quantitative estimate of drug-likeness (QED) is 0.860. The number of carbonyl (C=O) groups excluding carboxylic acids is 2. The topological polar surface area (TPSA) is 64.7 Å². The summed E-state index contributed by atoms with van der Waals surface area (Å²) >= 11 is 0. The first kappa shape index (κ1) is 16.0. The van der Waals surface area contributed by atoms with Crippen LogP contribution in [0.1, 0.15) is 25.8 Å². The summed E-state index contributed by atoms with van der Waals surface area (Å²) in [7, 11) is 0. The van der Waals surface area contributed by atoms with Gasteiger partial charge in [-0.3, -0.25) is 20.3 Å². The van der Waals surface area contributed by atoms with E-state index in [2.05, 4.69) is 29.4 Å². The summed E-state index contributed by atoms with van der Waals surface area (Å²) in [4.78, 5) is 28.4. The summed E-state index contributed by atoms with van der Waals surface area (Å²) in [5, 5.41) is 5.84. The average molecular weight is 316 g/mol. The van der Waals surface area contributed by atoms with Gasteiger partial charge in [0.2, 0.25) is 5.91 Å². The minimum absolute atomic E-state index is 0.196. The summed E-state index contributed by atoms with van der Waals surface area (Å²) in [6.45, 7) is 6.33. The van der Waals surface area contributed by atoms with Crippen LogP contribution in [0.3, 0.4) is 0 Å². The first-order valence-electron chi connectivity index (χ1n) is 8.19. The van der Waals surface area contributed by atoms with Gasteiger partial charge in [-0.2, -0.15) is 0 Å². The van der Waals surface area contributed by atoms with E-state index in [1.165, 1.54) is 0 Å². The zero-order chi connectivity index (χ0) is 16.4. The van der Waals surface area contributed by atoms with Gasteiger partial charge in [0.25, 0.3) is 0 Å². The molecule has 6 heteroatoms. The minimum Gasteiger partial charge on any atom is -0.302 e. The van der Waals surface area contributed by atoms with Crippen LogP contribution in [-0.2, 0) is 11.3 Å². The Morgan fingerprint density at radius 2 is 1.96 bits per heavy atom. The van der Waals surface area contributed by atoms with Crippen LogP contribution >= 0.6 is 0 Å². The Balaban J connectivity index is 1.74. The van der Waals surface area contributed by atoms with Gasteiger partial charge >= 0.3 is 6.03 Å². The molecule has 0 bridgehead atoms. The molecule has 3 rings (SSSR count). The van der Waals surface area contributed by atoms with Gasteiger partial charge in [-0.15, -0.1) is 0 Å². The summed E-state index contributed by atoms with van der Waals surface area (Å²) in [6, 6.07) is 9.21. The molecule has 2 unspecified atom stereocenters. The highest BCUT2D eigenvalue weighted by Crippen LogP contribution is 2.22. The molecule has 0 aromatic heterocycles. The van der Waals surface area contributed by atoms with E-state index in [-0.39, 0.29) is 24.1 Å². The highest BCUT2D eigenvalue weighted by atomic mass is 16.2. The van der Waals surface area contributed by atoms with E-state index in [1.807, 2.05) is 30.3 Å². The highest BCUT2D eigenvalue weighted by Gasteiger charge is 2.47. The molecule has 2 aliphatic rings. The van der Waals surface area contributed by atoms with E-state index >= 15 is 0 Å². The molecular formula is C17H24N4O2. The van der Waals surface area contributed by atoms with Gasteiger partial charge in [0.15, 0.2) is 0 Å². The Bertz CT molecular complexity index is 575. The summed E-state index contributed by atoms with van der Waals surface area (Å²) < 4.78 is 0. The van der Waals surface area contributed by atoms with Crippen molar-refractivity contribution in [2.75, 3.05) is 13.2 Å². The zero-order valence-corrected chi connectivity index (χ0v) is 13.7. The largest absolute Gasteiger partial charge is 0.325 e. The monoisotopic (exact) mass is 316 g/mol. The van der Waals surface area contributed by atoms with Crippen LogP contribution in [0.4, 0.5) is 4.79 Å². The Hall–Kier alpha value is -1.92. The highest BCUT2D eigenvalue weighted by molar-refractivity contribution is 6.00. The second-order valence-electron chi connectivity index (χ2n) is 6.65. The number of nitrogens with one attached hydrogen (secondary N) is 2. The molecule has 0 spiro atoms. The maximum atomic E-state index is 12.3. The number of urea groups is 1. The Kier molecular flexibility index (Phi) is 4.63. The second-order valence-corrected chi connectivity index (χ2v) is 6.65. The number of nitrogens with zero attached hydrogens (tertiary/aromatic N) is 2. The SMILES string of the molecule is CC(C)CCN1CNC2C1C(=O)NC(=O)N2Cc1ccccc1. The molecule has 0 radical (unpaired) electrons. The normalized spacial score (nSPS) is 24.9. The average Bonchev–Trinajstić information content (AvgIpc) is 2.95. The van der Waals surface area contributed by atoms with E-state index in [1.54, 1.807) is 4.90 Å². The third-order valence-electron chi connectivity index (χ3n) is 4.48. The summed E-state index contributed by atoms with van der Waals surface area (Å²) in [6.07, 6.45) is 0.772. The molecule has 124 valence electrons. The number of carbonyl (C=O) groups is 2. The molecule has 2 fully saturated rings. The molecule has 6 nitrogen and oxygen atoms in total. The molecule has 0 aliphatic carbocycles. The number of imide groups is 1. The first-order valence-corrected chi connectivity index (χ1v) is 8.19. The van der Waals surface area contributed by atoms with Crippen LogP contribution in [0.2, 0.25) is 0 Å². The lowest BCUT2D eigenvalue weighted by Gasteiger charge is -2.38. The molecule has 2 aliphatic heterocycles. The molecule has 2 heterocycles. The van der Waals surface area contributed by atoms with E-state index < -0.39 is 0 Å². The van der Waals surface area contributed by atoms with E-state index in [0.29, 0.717) is 19.1 Å². The van der Waals surface area contributed by atoms with Gasteiger partial charge in [-0.05, 0) is 17.9 Å². The van der Waals surface area contributed by atoms with Gasteiger partial charge in [-0.1, -0.05) is 44.2 Å². The third-order valence-corrected chi connectivity index (χ3v) is 4.48. The lowest BCUT2D eigenvalue weighted by Crippen LogP contribution is -2.65. The van der Waals surface area contributed by atoms with Crippen molar-refractivity contribution in [3.8, 4) is 0 Å². The van der Waals surface area contributed by atoms with Gasteiger partial charge in [-0.25, -0.2) is 4.79 Å². The van der Waals surface area contributed by atoms with Crippen molar-refractivity contribution < 1.29 is 9.59 Å². The van der Waals surface area contributed by atoms with Crippen molar-refractivity contribution >= 4 is 11.9 Å². The van der Waals surface area contributed by atoms with Gasteiger partial charge in [0.1, 0.15) is 12.2 Å². The van der Waals surface area contributed by atoms with E-state index in [4.69, 9.17) is 0 Å². The Morgan fingerprint density at radius 3 is 2.65 bits per heavy atom. The summed E-state index contributed by atoms with van der Waals surface area (Å²) in [5.74, 6) is 0.390. The molecule has 0 saturated carbocycles. The van der Waals surface area contributed by atoms with Crippen molar-refractivity contribution in [3.05, 3.63) is 35.9 Å². The van der Waals surface area contributed by atoms with Gasteiger partial charge < -0.3 is 4.90 Å². The third kappa shape index (κ3) is 3.38. The molecule has 2 atom stereocenters. The maximum absolute atomic E-state index is 12.3. The molecule has 2 N–H and O–H groups in total. The lowest BCUT2D eigenvalue weighted by molar-refractivity contribution is -0.128. The van der Waals surface area contributed by atoms with Crippen molar-refractivity contribution in [3.63, 3.8) is 0 Å². The van der Waals surface area contributed by atoms with Crippen LogP contribution in [0.5, 0.6) is 0 Å². The number of rotatable bonds is 5. The number of benzene rings is 1. The van der Waals surface area contributed by atoms with Crippen LogP contribution in [0.15, 0.2) is 30.3 Å². The van der Waals surface area contributed by atoms with E-state index in [0.717, 1.165) is 18.5 Å². The standard InChI is InChI=1S/C17H24N4O2/c1-12(2)8-9-20-11-18-15-14(20)16(22)19-17(23)21(15)10-13-6-4-3-5-7-13/h3-7,12,14-15,18H,8-11H2,1-2H3,(H,19,22,23). The van der Waals surface area contributed by atoms with Crippen LogP contribution < -0.4 is 10.6 Å². The predicted octanol–water partition coefficient (Wildman–Crippen LogP) is 1.34. The second kappa shape index (κ2) is 6.68. The minimum atomic E-state index is -0.321. The fraction of sp³-hybridized carbons (Fsp3) is 0.529. The zero-order valence-electron chi connectivity index (χ0n) is 13.7. The fourth-order valence-corrected chi connectivity index (χ4v) is 3.18. The first-order chi connectivity index (χ1) is 11.1. The fourth-order valence-electron chi connectivity index (χ4n) is 3.18. The molecule has 1 aromatic rings. The number of hydrogen-bond acceptors (Lipinski definition) is 4. The van der Waals surface area contributed by atoms with Crippen molar-refractivity contribution in [2.24, 2.45) is 5.92 Å². The number of fused-ring (bicyclic) bond motifs is 1. The number of hydrogen-bond donors (Lipinski definition) is 2. The van der Waals surface area contributed by atoms with Crippen LogP contribution in [0.25, 0.3) is 0 Å². The van der Waals surface area contributed by atoms with Gasteiger partial charge in [0, 0.05) is 13.1 Å². The molecular weight excluding hydrogens is 292 g/mol. The molecule has 1 aromatic carbocycles. The maximum Gasteiger partial charge on any atom is 0.325 e. The molecule has 2 saturated heterocycles. The molecule has 23 heavy (non-hydrogen) atoms. The number of amides is 3. The van der Waals surface area contributed by atoms with Crippen LogP contribution in [0, 0.1) is 5.92 Å².